The van der Waals surface area contributed by atoms with Gasteiger partial charge in [-0.05, 0) is 49.7 Å². The molecule has 17 heavy (non-hydrogen) atoms. The summed E-state index contributed by atoms with van der Waals surface area (Å²) in [5.74, 6) is 0.839. The lowest BCUT2D eigenvalue weighted by atomic mass is 10.0. The molecule has 1 N–H and O–H groups in total. The summed E-state index contributed by atoms with van der Waals surface area (Å²) in [6.45, 7) is 3.28. The third-order valence-electron chi connectivity index (χ3n) is 3.66. The molecule has 3 rings (SSSR count). The van der Waals surface area contributed by atoms with Gasteiger partial charge in [0.25, 0.3) is 0 Å². The maximum absolute atomic E-state index is 3.57. The van der Waals surface area contributed by atoms with E-state index in [-0.39, 0.29) is 0 Å². The van der Waals surface area contributed by atoms with E-state index in [9.17, 15) is 0 Å². The van der Waals surface area contributed by atoms with Crippen molar-refractivity contribution >= 4 is 6.08 Å². The highest BCUT2D eigenvalue weighted by atomic mass is 14.9. The first kappa shape index (κ1) is 11.0. The van der Waals surface area contributed by atoms with Crippen molar-refractivity contribution in [2.75, 3.05) is 6.54 Å². The van der Waals surface area contributed by atoms with E-state index in [0.717, 1.165) is 18.5 Å². The summed E-state index contributed by atoms with van der Waals surface area (Å²) in [6, 6.07) is 9.68. The molecule has 0 atom stereocenters. The van der Waals surface area contributed by atoms with E-state index in [0.29, 0.717) is 0 Å². The zero-order valence-electron chi connectivity index (χ0n) is 10.6. The molecular formula is C16H21N. The van der Waals surface area contributed by atoms with Gasteiger partial charge in [-0.1, -0.05) is 35.9 Å². The van der Waals surface area contributed by atoms with Crippen molar-refractivity contribution in [2.45, 2.75) is 44.6 Å². The first-order chi connectivity index (χ1) is 8.33. The van der Waals surface area contributed by atoms with E-state index in [1.165, 1.54) is 36.8 Å². The van der Waals surface area contributed by atoms with E-state index < -0.39 is 0 Å². The summed E-state index contributed by atoms with van der Waals surface area (Å²) in [6.07, 6.45) is 7.86. The van der Waals surface area contributed by atoms with Gasteiger partial charge in [-0.2, -0.15) is 0 Å². The van der Waals surface area contributed by atoms with E-state index in [2.05, 4.69) is 42.6 Å². The molecule has 0 unspecified atom stereocenters. The molecule has 0 spiro atoms. The Bertz CT molecular complexity index is 425. The Balaban J connectivity index is 1.71. The van der Waals surface area contributed by atoms with Crippen LogP contribution in [0, 0.1) is 0 Å². The molecule has 1 aromatic carbocycles. The van der Waals surface area contributed by atoms with Gasteiger partial charge >= 0.3 is 0 Å². The van der Waals surface area contributed by atoms with Gasteiger partial charge in [0.15, 0.2) is 0 Å². The Morgan fingerprint density at radius 1 is 1.24 bits per heavy atom. The fraction of sp³-hybridized carbons (Fsp3) is 0.500. The normalized spacial score (nSPS) is 20.6. The number of benzene rings is 1. The molecule has 0 radical (unpaired) electrons. The molecule has 0 amide bonds. The molecule has 0 aromatic heterocycles. The SMILES string of the molecule is CC(=Cc1ccccc1C1CC1)CNC1CC1. The number of rotatable bonds is 5. The fourth-order valence-electron chi connectivity index (χ4n) is 2.32. The Labute approximate surface area is 104 Å². The maximum atomic E-state index is 3.57. The van der Waals surface area contributed by atoms with Crippen LogP contribution in [0.2, 0.25) is 0 Å². The van der Waals surface area contributed by atoms with Crippen molar-refractivity contribution in [3.05, 3.63) is 41.0 Å². The molecular weight excluding hydrogens is 206 g/mol. The highest BCUT2D eigenvalue weighted by Gasteiger charge is 2.25. The average molecular weight is 227 g/mol. The number of hydrogen-bond donors (Lipinski definition) is 1. The van der Waals surface area contributed by atoms with E-state index >= 15 is 0 Å². The molecule has 90 valence electrons. The minimum atomic E-state index is 0.803. The zero-order chi connectivity index (χ0) is 11.7. The largest absolute Gasteiger partial charge is 0.310 e. The lowest BCUT2D eigenvalue weighted by Gasteiger charge is -2.07. The van der Waals surface area contributed by atoms with Crippen molar-refractivity contribution in [3.8, 4) is 0 Å². The first-order valence-electron chi connectivity index (χ1n) is 6.82. The second-order valence-electron chi connectivity index (χ2n) is 5.55. The van der Waals surface area contributed by atoms with Crippen LogP contribution in [0.4, 0.5) is 0 Å². The fourth-order valence-corrected chi connectivity index (χ4v) is 2.32. The van der Waals surface area contributed by atoms with Crippen LogP contribution in [0.3, 0.4) is 0 Å². The Morgan fingerprint density at radius 3 is 2.71 bits per heavy atom. The number of hydrogen-bond acceptors (Lipinski definition) is 1. The highest BCUT2D eigenvalue weighted by molar-refractivity contribution is 5.58. The van der Waals surface area contributed by atoms with Gasteiger partial charge in [-0.15, -0.1) is 0 Å². The summed E-state index contributed by atoms with van der Waals surface area (Å²) in [5, 5.41) is 3.57. The topological polar surface area (TPSA) is 12.0 Å². The number of nitrogens with one attached hydrogen (secondary N) is 1. The standard InChI is InChI=1S/C16H21N/c1-12(11-17-15-8-9-15)10-14-4-2-3-5-16(14)13-6-7-13/h2-5,10,13,15,17H,6-9,11H2,1H3. The molecule has 0 saturated heterocycles. The lowest BCUT2D eigenvalue weighted by Crippen LogP contribution is -2.18. The summed E-state index contributed by atoms with van der Waals surface area (Å²) in [7, 11) is 0. The minimum absolute atomic E-state index is 0.803. The van der Waals surface area contributed by atoms with Crippen molar-refractivity contribution in [2.24, 2.45) is 0 Å². The molecule has 2 aliphatic rings. The average Bonchev–Trinajstić information content (AvgIpc) is 3.19. The molecule has 2 aliphatic carbocycles. The lowest BCUT2D eigenvalue weighted by molar-refractivity contribution is 0.735. The molecule has 1 aromatic rings. The van der Waals surface area contributed by atoms with E-state index in [4.69, 9.17) is 0 Å². The summed E-state index contributed by atoms with van der Waals surface area (Å²) < 4.78 is 0. The van der Waals surface area contributed by atoms with Crippen molar-refractivity contribution < 1.29 is 0 Å². The van der Waals surface area contributed by atoms with E-state index in [1.807, 2.05) is 0 Å². The summed E-state index contributed by atoms with van der Waals surface area (Å²) in [5.41, 5.74) is 4.44. The van der Waals surface area contributed by atoms with Crippen LogP contribution >= 0.6 is 0 Å². The van der Waals surface area contributed by atoms with Crippen molar-refractivity contribution in [3.63, 3.8) is 0 Å². The van der Waals surface area contributed by atoms with Crippen molar-refractivity contribution in [1.29, 1.82) is 0 Å². The van der Waals surface area contributed by atoms with Gasteiger partial charge < -0.3 is 5.32 Å². The molecule has 0 aliphatic heterocycles. The molecule has 1 nitrogen and oxygen atoms in total. The molecule has 2 fully saturated rings. The monoisotopic (exact) mass is 227 g/mol. The zero-order valence-corrected chi connectivity index (χ0v) is 10.6. The predicted molar refractivity (Wildman–Crippen MR) is 73.1 cm³/mol. The third-order valence-corrected chi connectivity index (χ3v) is 3.66. The third kappa shape index (κ3) is 2.98. The summed E-state index contributed by atoms with van der Waals surface area (Å²) in [4.78, 5) is 0. The Kier molecular flexibility index (Phi) is 3.02. The van der Waals surface area contributed by atoms with Crippen LogP contribution in [0.1, 0.15) is 49.7 Å². The van der Waals surface area contributed by atoms with Crippen LogP contribution in [0.15, 0.2) is 29.8 Å². The van der Waals surface area contributed by atoms with Crippen LogP contribution in [-0.4, -0.2) is 12.6 Å². The van der Waals surface area contributed by atoms with Crippen molar-refractivity contribution in [1.82, 2.24) is 5.32 Å². The van der Waals surface area contributed by atoms with Gasteiger partial charge in [-0.3, -0.25) is 0 Å². The van der Waals surface area contributed by atoms with Gasteiger partial charge in [-0.25, -0.2) is 0 Å². The molecule has 2 saturated carbocycles. The van der Waals surface area contributed by atoms with Gasteiger partial charge in [0.1, 0.15) is 0 Å². The van der Waals surface area contributed by atoms with Crippen LogP contribution in [-0.2, 0) is 0 Å². The van der Waals surface area contributed by atoms with Gasteiger partial charge in [0, 0.05) is 12.6 Å². The van der Waals surface area contributed by atoms with Crippen LogP contribution in [0.25, 0.3) is 6.08 Å². The van der Waals surface area contributed by atoms with Crippen LogP contribution < -0.4 is 5.32 Å². The van der Waals surface area contributed by atoms with E-state index in [1.54, 1.807) is 5.56 Å². The van der Waals surface area contributed by atoms with Gasteiger partial charge in [0.2, 0.25) is 0 Å². The molecule has 0 bridgehead atoms. The molecule has 1 heteroatoms. The van der Waals surface area contributed by atoms with Gasteiger partial charge in [0.05, 0.1) is 0 Å². The second-order valence-corrected chi connectivity index (χ2v) is 5.55. The highest BCUT2D eigenvalue weighted by Crippen LogP contribution is 2.42. The maximum Gasteiger partial charge on any atom is 0.0167 e. The smallest absolute Gasteiger partial charge is 0.0167 e. The minimum Gasteiger partial charge on any atom is -0.310 e. The second kappa shape index (κ2) is 4.66. The van der Waals surface area contributed by atoms with Crippen LogP contribution in [0.5, 0.6) is 0 Å². The quantitative estimate of drug-likeness (QED) is 0.808. The molecule has 0 heterocycles. The predicted octanol–water partition coefficient (Wildman–Crippen LogP) is 3.72. The summed E-state index contributed by atoms with van der Waals surface area (Å²) >= 11 is 0. The Morgan fingerprint density at radius 2 is 2.00 bits per heavy atom. The first-order valence-corrected chi connectivity index (χ1v) is 6.82. The Hall–Kier alpha value is -1.08.